The zero-order valence-corrected chi connectivity index (χ0v) is 22.3. The highest BCUT2D eigenvalue weighted by Gasteiger charge is 2.64. The molecular formula is C28H46NO5+. The molecule has 5 aliphatic rings. The number of morpholine rings is 1. The van der Waals surface area contributed by atoms with Crippen LogP contribution in [-0.2, 0) is 23.8 Å². The maximum atomic E-state index is 13.2. The van der Waals surface area contributed by atoms with Crippen molar-refractivity contribution in [3.8, 4) is 0 Å². The first-order valence-electron chi connectivity index (χ1n) is 13.6. The summed E-state index contributed by atoms with van der Waals surface area (Å²) < 4.78 is 18.3. The third-order valence-corrected chi connectivity index (χ3v) is 12.3. The SMILES string of the molecule is CC1(C)[C@H]2CC[C@@]1(C)[C@H](OC(=O)C[N+]1(CC(=O)O[C@@H]3C[C@@H]4CC[C@]3(C)C4(C)C)CCOCC1)C2. The molecule has 0 radical (unpaired) electrons. The zero-order valence-electron chi connectivity index (χ0n) is 22.3. The molecule has 4 bridgehead atoms. The number of quaternary nitrogens is 1. The van der Waals surface area contributed by atoms with Crippen LogP contribution in [0.3, 0.4) is 0 Å². The van der Waals surface area contributed by atoms with Gasteiger partial charge in [-0.3, -0.25) is 0 Å². The summed E-state index contributed by atoms with van der Waals surface area (Å²) in [5.41, 5.74) is 0.507. The Hall–Kier alpha value is -1.14. The van der Waals surface area contributed by atoms with Gasteiger partial charge in [0, 0.05) is 10.8 Å². The molecule has 0 spiro atoms. The van der Waals surface area contributed by atoms with E-state index in [-0.39, 0.29) is 58.9 Å². The molecule has 6 nitrogen and oxygen atoms in total. The number of hydrogen-bond donors (Lipinski definition) is 0. The van der Waals surface area contributed by atoms with Crippen LogP contribution in [-0.4, -0.2) is 68.0 Å². The Labute approximate surface area is 205 Å². The molecule has 0 amide bonds. The Morgan fingerprint density at radius 3 is 1.50 bits per heavy atom. The molecule has 1 saturated heterocycles. The van der Waals surface area contributed by atoms with Crippen molar-refractivity contribution in [1.82, 2.24) is 0 Å². The first-order valence-corrected chi connectivity index (χ1v) is 13.6. The standard InChI is InChI=1S/C28H46NO5/c1-25(2)19-7-9-27(25,5)21(15-19)33-23(30)17-29(11-13-32-14-12-29)18-24(31)34-22-16-20-8-10-28(22,6)26(20,3)4/h19-22H,7-18H2,1-6H3/q+1/t19-,20-,21+,22+,27-,28-/m0/s1. The molecule has 5 rings (SSSR count). The Bertz CT molecular complexity index is 784. The maximum Gasteiger partial charge on any atom is 0.362 e. The van der Waals surface area contributed by atoms with Gasteiger partial charge in [0.25, 0.3) is 0 Å². The molecule has 0 unspecified atom stereocenters. The number of fused-ring (bicyclic) bond motifs is 4. The van der Waals surface area contributed by atoms with Gasteiger partial charge in [-0.2, -0.15) is 0 Å². The lowest BCUT2D eigenvalue weighted by atomic mass is 9.70. The molecule has 0 aromatic rings. The topological polar surface area (TPSA) is 61.8 Å². The number of carbonyl (C=O) groups excluding carboxylic acids is 2. The smallest absolute Gasteiger partial charge is 0.362 e. The molecule has 0 N–H and O–H groups in total. The summed E-state index contributed by atoms with van der Waals surface area (Å²) in [6.07, 6.45) is 6.63. The van der Waals surface area contributed by atoms with Gasteiger partial charge >= 0.3 is 11.9 Å². The van der Waals surface area contributed by atoms with Crippen molar-refractivity contribution in [3.63, 3.8) is 0 Å². The number of rotatable bonds is 6. The molecule has 4 aliphatic carbocycles. The summed E-state index contributed by atoms with van der Waals surface area (Å²) in [5, 5.41) is 0. The summed E-state index contributed by atoms with van der Waals surface area (Å²) in [4.78, 5) is 26.5. The second-order valence-electron chi connectivity index (χ2n) is 13.9. The highest BCUT2D eigenvalue weighted by Crippen LogP contribution is 2.67. The monoisotopic (exact) mass is 476 g/mol. The van der Waals surface area contributed by atoms with Crippen molar-refractivity contribution < 1.29 is 28.3 Å². The lowest BCUT2D eigenvalue weighted by Crippen LogP contribution is -2.60. The van der Waals surface area contributed by atoms with E-state index < -0.39 is 0 Å². The van der Waals surface area contributed by atoms with Crippen molar-refractivity contribution >= 4 is 11.9 Å². The van der Waals surface area contributed by atoms with Gasteiger partial charge in [0.15, 0.2) is 13.1 Å². The van der Waals surface area contributed by atoms with Crippen molar-refractivity contribution in [2.45, 2.75) is 92.3 Å². The average molecular weight is 477 g/mol. The van der Waals surface area contributed by atoms with Crippen LogP contribution >= 0.6 is 0 Å². The predicted octanol–water partition coefficient (Wildman–Crippen LogP) is 4.35. The van der Waals surface area contributed by atoms with Gasteiger partial charge in [-0.25, -0.2) is 9.59 Å². The summed E-state index contributed by atoms with van der Waals surface area (Å²) in [5.74, 6) is 0.919. The van der Waals surface area contributed by atoms with Crippen LogP contribution in [0, 0.1) is 33.5 Å². The third-order valence-electron chi connectivity index (χ3n) is 12.3. The lowest BCUT2D eigenvalue weighted by molar-refractivity contribution is -0.921. The second kappa shape index (κ2) is 7.93. The van der Waals surface area contributed by atoms with Gasteiger partial charge in [0.05, 0.1) is 13.2 Å². The van der Waals surface area contributed by atoms with Gasteiger partial charge in [-0.1, -0.05) is 41.5 Å². The fourth-order valence-electron chi connectivity index (χ4n) is 8.66. The zero-order chi connectivity index (χ0) is 24.6. The molecule has 4 saturated carbocycles. The van der Waals surface area contributed by atoms with E-state index in [1.165, 1.54) is 12.8 Å². The summed E-state index contributed by atoms with van der Waals surface area (Å²) in [6.45, 7) is 16.8. The molecule has 0 aromatic carbocycles. The highest BCUT2D eigenvalue weighted by molar-refractivity contribution is 5.73. The molecule has 1 aliphatic heterocycles. The first kappa shape index (κ1) is 24.5. The largest absolute Gasteiger partial charge is 0.458 e. The van der Waals surface area contributed by atoms with Crippen LogP contribution in [0.15, 0.2) is 0 Å². The lowest BCUT2D eigenvalue weighted by Gasteiger charge is -2.42. The molecule has 0 aromatic heterocycles. The third kappa shape index (κ3) is 3.48. The van der Waals surface area contributed by atoms with E-state index >= 15 is 0 Å². The Morgan fingerprint density at radius 1 is 0.765 bits per heavy atom. The molecule has 6 heteroatoms. The average Bonchev–Trinajstić information content (AvgIpc) is 3.26. The number of hydrogen-bond acceptors (Lipinski definition) is 5. The van der Waals surface area contributed by atoms with Crippen molar-refractivity contribution in [2.24, 2.45) is 33.5 Å². The number of ether oxygens (including phenoxy) is 3. The molecule has 1 heterocycles. The van der Waals surface area contributed by atoms with E-state index in [1.807, 2.05) is 0 Å². The minimum Gasteiger partial charge on any atom is -0.458 e. The van der Waals surface area contributed by atoms with Crippen molar-refractivity contribution in [3.05, 3.63) is 0 Å². The minimum atomic E-state index is -0.169. The maximum absolute atomic E-state index is 13.2. The normalized spacial score (nSPS) is 43.1. The van der Waals surface area contributed by atoms with Crippen molar-refractivity contribution in [1.29, 1.82) is 0 Å². The van der Waals surface area contributed by atoms with Crippen molar-refractivity contribution in [2.75, 3.05) is 39.4 Å². The van der Waals surface area contributed by atoms with E-state index in [4.69, 9.17) is 14.2 Å². The van der Waals surface area contributed by atoms with Gasteiger partial charge in [-0.15, -0.1) is 0 Å². The van der Waals surface area contributed by atoms with E-state index in [0.29, 0.717) is 42.6 Å². The Balaban J connectivity index is 1.23. The van der Waals surface area contributed by atoms with Crippen LogP contribution in [0.25, 0.3) is 0 Å². The Morgan fingerprint density at radius 2 is 1.18 bits per heavy atom. The van der Waals surface area contributed by atoms with Crippen LogP contribution in [0.5, 0.6) is 0 Å². The van der Waals surface area contributed by atoms with E-state index in [1.54, 1.807) is 0 Å². The van der Waals surface area contributed by atoms with E-state index in [2.05, 4.69) is 41.5 Å². The van der Waals surface area contributed by atoms with Crippen LogP contribution < -0.4 is 0 Å². The van der Waals surface area contributed by atoms with Gasteiger partial charge in [0.1, 0.15) is 25.3 Å². The summed E-state index contributed by atoms with van der Waals surface area (Å²) in [7, 11) is 0. The first-order chi connectivity index (χ1) is 15.8. The van der Waals surface area contributed by atoms with E-state index in [0.717, 1.165) is 25.7 Å². The fourth-order valence-corrected chi connectivity index (χ4v) is 8.66. The van der Waals surface area contributed by atoms with E-state index in [9.17, 15) is 9.59 Å². The molecule has 5 fully saturated rings. The minimum absolute atomic E-state index is 0.0157. The number of carbonyl (C=O) groups is 2. The molecule has 34 heavy (non-hydrogen) atoms. The number of esters is 2. The predicted molar refractivity (Wildman–Crippen MR) is 129 cm³/mol. The van der Waals surface area contributed by atoms with Crippen LogP contribution in [0.4, 0.5) is 0 Å². The van der Waals surface area contributed by atoms with Crippen LogP contribution in [0.2, 0.25) is 0 Å². The quantitative estimate of drug-likeness (QED) is 0.421. The summed E-state index contributed by atoms with van der Waals surface area (Å²) >= 11 is 0. The summed E-state index contributed by atoms with van der Waals surface area (Å²) in [6, 6.07) is 0. The van der Waals surface area contributed by atoms with Gasteiger partial charge in [-0.05, 0) is 61.2 Å². The highest BCUT2D eigenvalue weighted by atomic mass is 16.6. The van der Waals surface area contributed by atoms with Crippen LogP contribution in [0.1, 0.15) is 80.1 Å². The number of nitrogens with zero attached hydrogens (tertiary/aromatic N) is 1. The fraction of sp³-hybridized carbons (Fsp3) is 0.929. The molecule has 192 valence electrons. The molecular weight excluding hydrogens is 430 g/mol. The van der Waals surface area contributed by atoms with Gasteiger partial charge < -0.3 is 18.7 Å². The molecule has 6 atom stereocenters. The second-order valence-corrected chi connectivity index (χ2v) is 13.9. The Kier molecular flexibility index (Phi) is 5.73. The van der Waals surface area contributed by atoms with Gasteiger partial charge in [0.2, 0.25) is 0 Å².